The highest BCUT2D eigenvalue weighted by molar-refractivity contribution is 6.32. The Labute approximate surface area is 119 Å². The highest BCUT2D eigenvalue weighted by Crippen LogP contribution is 2.35. The fraction of sp³-hybridized carbons (Fsp3) is 0.571. The van der Waals surface area contributed by atoms with Gasteiger partial charge < -0.3 is 19.7 Å². The summed E-state index contributed by atoms with van der Waals surface area (Å²) >= 11 is 6.18. The third kappa shape index (κ3) is 3.53. The Kier molecular flexibility index (Phi) is 5.31. The van der Waals surface area contributed by atoms with Gasteiger partial charge in [-0.05, 0) is 18.6 Å². The predicted molar refractivity (Wildman–Crippen MR) is 77.6 cm³/mol. The second-order valence-electron chi connectivity index (χ2n) is 4.60. The topological polar surface area (TPSA) is 33.7 Å². The quantitative estimate of drug-likeness (QED) is 0.894. The monoisotopic (exact) mass is 284 g/mol. The lowest BCUT2D eigenvalue weighted by Crippen LogP contribution is -2.44. The van der Waals surface area contributed by atoms with Gasteiger partial charge in [-0.2, -0.15) is 0 Å². The van der Waals surface area contributed by atoms with Crippen LogP contribution in [0.4, 0.5) is 0 Å². The molecule has 0 aromatic heterocycles. The SMILES string of the molecule is COc1ccc(Cl)c(OC)c1CCN1CCNCC1. The molecule has 1 N–H and O–H groups in total. The standard InChI is InChI=1S/C14H21ClN2O2/c1-18-13-4-3-12(15)14(19-2)11(13)5-8-17-9-6-16-7-10-17/h3-4,16H,5-10H2,1-2H3. The van der Waals surface area contributed by atoms with Crippen LogP contribution in [0.5, 0.6) is 11.5 Å². The summed E-state index contributed by atoms with van der Waals surface area (Å²) in [6.45, 7) is 5.29. The fourth-order valence-corrected chi connectivity index (χ4v) is 2.69. The zero-order valence-electron chi connectivity index (χ0n) is 11.5. The van der Waals surface area contributed by atoms with E-state index >= 15 is 0 Å². The largest absolute Gasteiger partial charge is 0.496 e. The van der Waals surface area contributed by atoms with E-state index in [2.05, 4.69) is 10.2 Å². The van der Waals surface area contributed by atoms with Gasteiger partial charge in [0.15, 0.2) is 0 Å². The first-order chi connectivity index (χ1) is 9.26. The molecule has 0 radical (unpaired) electrons. The van der Waals surface area contributed by atoms with Crippen LogP contribution in [0.2, 0.25) is 5.02 Å². The third-order valence-electron chi connectivity index (χ3n) is 3.48. The number of nitrogens with zero attached hydrogens (tertiary/aromatic N) is 1. The summed E-state index contributed by atoms with van der Waals surface area (Å²) < 4.78 is 10.8. The van der Waals surface area contributed by atoms with E-state index in [-0.39, 0.29) is 0 Å². The maximum Gasteiger partial charge on any atom is 0.144 e. The van der Waals surface area contributed by atoms with Gasteiger partial charge in [0.05, 0.1) is 19.2 Å². The van der Waals surface area contributed by atoms with Crippen molar-refractivity contribution in [2.24, 2.45) is 0 Å². The van der Waals surface area contributed by atoms with Gasteiger partial charge in [0.1, 0.15) is 11.5 Å². The number of ether oxygens (including phenoxy) is 2. The number of piperazine rings is 1. The summed E-state index contributed by atoms with van der Waals surface area (Å²) in [5.74, 6) is 1.58. The molecule has 19 heavy (non-hydrogen) atoms. The van der Waals surface area contributed by atoms with E-state index in [0.29, 0.717) is 5.02 Å². The molecule has 1 fully saturated rings. The lowest BCUT2D eigenvalue weighted by molar-refractivity contribution is 0.242. The van der Waals surface area contributed by atoms with Crippen LogP contribution in [0.25, 0.3) is 0 Å². The van der Waals surface area contributed by atoms with Crippen LogP contribution in [-0.4, -0.2) is 51.8 Å². The summed E-state index contributed by atoms with van der Waals surface area (Å²) in [5.41, 5.74) is 1.05. The van der Waals surface area contributed by atoms with Crippen molar-refractivity contribution in [1.29, 1.82) is 0 Å². The Balaban J connectivity index is 2.10. The summed E-state index contributed by atoms with van der Waals surface area (Å²) in [5, 5.41) is 3.99. The molecule has 2 rings (SSSR count). The Morgan fingerprint density at radius 3 is 2.58 bits per heavy atom. The molecule has 4 nitrogen and oxygen atoms in total. The van der Waals surface area contributed by atoms with Crippen molar-refractivity contribution in [1.82, 2.24) is 10.2 Å². The molecule has 1 aliphatic rings. The van der Waals surface area contributed by atoms with Gasteiger partial charge in [0.25, 0.3) is 0 Å². The molecule has 5 heteroatoms. The van der Waals surface area contributed by atoms with Crippen LogP contribution < -0.4 is 14.8 Å². The average molecular weight is 285 g/mol. The molecule has 0 bridgehead atoms. The van der Waals surface area contributed by atoms with E-state index in [1.54, 1.807) is 14.2 Å². The Bertz CT molecular complexity index is 420. The number of hydrogen-bond acceptors (Lipinski definition) is 4. The minimum Gasteiger partial charge on any atom is -0.496 e. The molecule has 1 saturated heterocycles. The van der Waals surface area contributed by atoms with Gasteiger partial charge in [0.2, 0.25) is 0 Å². The molecule has 0 amide bonds. The van der Waals surface area contributed by atoms with Crippen LogP contribution >= 0.6 is 11.6 Å². The lowest BCUT2D eigenvalue weighted by atomic mass is 10.1. The Hall–Kier alpha value is -0.970. The van der Waals surface area contributed by atoms with Crippen molar-refractivity contribution >= 4 is 11.6 Å². The number of rotatable bonds is 5. The Morgan fingerprint density at radius 2 is 1.95 bits per heavy atom. The summed E-state index contributed by atoms with van der Waals surface area (Å²) in [6, 6.07) is 3.71. The normalized spacial score (nSPS) is 16.4. The fourth-order valence-electron chi connectivity index (χ4n) is 2.43. The highest BCUT2D eigenvalue weighted by atomic mass is 35.5. The number of halogens is 1. The number of hydrogen-bond donors (Lipinski definition) is 1. The number of methoxy groups -OCH3 is 2. The molecule has 0 aliphatic carbocycles. The molecule has 1 heterocycles. The smallest absolute Gasteiger partial charge is 0.144 e. The summed E-state index contributed by atoms with van der Waals surface area (Å²) in [4.78, 5) is 2.44. The first-order valence-corrected chi connectivity index (χ1v) is 6.96. The van der Waals surface area contributed by atoms with Gasteiger partial charge >= 0.3 is 0 Å². The van der Waals surface area contributed by atoms with Crippen LogP contribution in [0.15, 0.2) is 12.1 Å². The molecule has 0 saturated carbocycles. The minimum absolute atomic E-state index is 0.638. The van der Waals surface area contributed by atoms with Crippen LogP contribution in [0.3, 0.4) is 0 Å². The highest BCUT2D eigenvalue weighted by Gasteiger charge is 2.16. The van der Waals surface area contributed by atoms with Crippen molar-refractivity contribution in [2.75, 3.05) is 46.9 Å². The van der Waals surface area contributed by atoms with E-state index in [1.165, 1.54) is 0 Å². The number of benzene rings is 1. The molecular formula is C14H21ClN2O2. The minimum atomic E-state index is 0.638. The molecule has 0 atom stereocenters. The van der Waals surface area contributed by atoms with Crippen molar-refractivity contribution < 1.29 is 9.47 Å². The van der Waals surface area contributed by atoms with Crippen molar-refractivity contribution in [3.63, 3.8) is 0 Å². The second kappa shape index (κ2) is 6.98. The summed E-state index contributed by atoms with van der Waals surface area (Å²) in [6.07, 6.45) is 0.882. The van der Waals surface area contributed by atoms with Gasteiger partial charge in [-0.25, -0.2) is 0 Å². The number of nitrogens with one attached hydrogen (secondary N) is 1. The van der Waals surface area contributed by atoms with Gasteiger partial charge in [-0.15, -0.1) is 0 Å². The third-order valence-corrected chi connectivity index (χ3v) is 3.78. The Morgan fingerprint density at radius 1 is 1.21 bits per heavy atom. The molecule has 106 valence electrons. The van der Waals surface area contributed by atoms with E-state index in [0.717, 1.165) is 56.2 Å². The average Bonchev–Trinajstić information content (AvgIpc) is 2.46. The van der Waals surface area contributed by atoms with E-state index in [9.17, 15) is 0 Å². The zero-order chi connectivity index (χ0) is 13.7. The summed E-state index contributed by atoms with van der Waals surface area (Å²) in [7, 11) is 3.33. The van der Waals surface area contributed by atoms with Gasteiger partial charge in [0, 0.05) is 38.3 Å². The van der Waals surface area contributed by atoms with E-state index < -0.39 is 0 Å². The van der Waals surface area contributed by atoms with Crippen molar-refractivity contribution in [3.8, 4) is 11.5 Å². The molecule has 0 spiro atoms. The first kappa shape index (κ1) is 14.4. The molecule has 1 aromatic carbocycles. The molecule has 1 aliphatic heterocycles. The maximum absolute atomic E-state index is 6.18. The van der Waals surface area contributed by atoms with Crippen LogP contribution in [-0.2, 0) is 6.42 Å². The van der Waals surface area contributed by atoms with Crippen molar-refractivity contribution in [2.45, 2.75) is 6.42 Å². The molecular weight excluding hydrogens is 264 g/mol. The first-order valence-electron chi connectivity index (χ1n) is 6.58. The van der Waals surface area contributed by atoms with Crippen LogP contribution in [0, 0.1) is 0 Å². The van der Waals surface area contributed by atoms with E-state index in [1.807, 2.05) is 12.1 Å². The van der Waals surface area contributed by atoms with Gasteiger partial charge in [-0.1, -0.05) is 11.6 Å². The van der Waals surface area contributed by atoms with Crippen LogP contribution in [0.1, 0.15) is 5.56 Å². The molecule has 1 aromatic rings. The van der Waals surface area contributed by atoms with E-state index in [4.69, 9.17) is 21.1 Å². The second-order valence-corrected chi connectivity index (χ2v) is 5.01. The molecule has 0 unspecified atom stereocenters. The lowest BCUT2D eigenvalue weighted by Gasteiger charge is -2.27. The maximum atomic E-state index is 6.18. The zero-order valence-corrected chi connectivity index (χ0v) is 12.3. The van der Waals surface area contributed by atoms with Gasteiger partial charge in [-0.3, -0.25) is 0 Å². The van der Waals surface area contributed by atoms with Crippen molar-refractivity contribution in [3.05, 3.63) is 22.7 Å². The predicted octanol–water partition coefficient (Wildman–Crippen LogP) is 1.80.